The van der Waals surface area contributed by atoms with Crippen molar-refractivity contribution in [2.24, 2.45) is 11.8 Å². The third-order valence-corrected chi connectivity index (χ3v) is 11.8. The first-order chi connectivity index (χ1) is 26.6. The van der Waals surface area contributed by atoms with Crippen LogP contribution in [0.1, 0.15) is 41.2 Å². The zero-order chi connectivity index (χ0) is 38.9. The molecular formula is C43H46BrN3O8. The van der Waals surface area contributed by atoms with Crippen LogP contribution >= 0.6 is 15.9 Å². The molecule has 2 saturated heterocycles. The molecule has 3 amide bonds. The molecule has 4 aliphatic rings. The van der Waals surface area contributed by atoms with Crippen molar-refractivity contribution in [1.29, 1.82) is 0 Å². The summed E-state index contributed by atoms with van der Waals surface area (Å²) in [7, 11) is 1.51. The largest absolute Gasteiger partial charge is 0.455 e. The van der Waals surface area contributed by atoms with Crippen molar-refractivity contribution in [2.75, 3.05) is 31.8 Å². The van der Waals surface area contributed by atoms with Gasteiger partial charge in [0.05, 0.1) is 31.2 Å². The number of esters is 1. The van der Waals surface area contributed by atoms with E-state index in [9.17, 15) is 14.7 Å². The Balaban J connectivity index is 1.39. The minimum atomic E-state index is -1.57. The van der Waals surface area contributed by atoms with Crippen molar-refractivity contribution in [2.45, 2.75) is 69.0 Å². The molecule has 4 aliphatic heterocycles. The smallest absolute Gasteiger partial charge is 0.313 e. The maximum Gasteiger partial charge on any atom is 0.313 e. The van der Waals surface area contributed by atoms with Crippen LogP contribution in [0.25, 0.3) is 0 Å². The van der Waals surface area contributed by atoms with Gasteiger partial charge < -0.3 is 34.4 Å². The van der Waals surface area contributed by atoms with Crippen LogP contribution in [0.5, 0.6) is 0 Å². The predicted octanol–water partition coefficient (Wildman–Crippen LogP) is 4.88. The molecule has 4 heterocycles. The Labute approximate surface area is 329 Å². The number of hydrogen-bond donors (Lipinski definition) is 2. The number of benzene rings is 3. The third kappa shape index (κ3) is 7.28. The average molecular weight is 813 g/mol. The SMILES string of the molecule is COC[C@H]1NC(=O)CC/C=C\CN(c2cc(C)ccc2C)C(=O)[C@@H]2N([C@@H](CO)Cc3ccccc3)C(=O)[C@H]3[C@H](C(=O)O[C@@H]1c1ccccc1)[C@H]1O[C@@]23C=C1Br. The van der Waals surface area contributed by atoms with Gasteiger partial charge in [-0.2, -0.15) is 0 Å². The molecule has 2 N–H and O–H groups in total. The number of aryl methyl sites for hydroxylation is 2. The first kappa shape index (κ1) is 38.6. The predicted molar refractivity (Wildman–Crippen MR) is 209 cm³/mol. The zero-order valence-corrected chi connectivity index (χ0v) is 32.7. The maximum atomic E-state index is 15.5. The number of nitrogens with one attached hydrogen (secondary N) is 1. The summed E-state index contributed by atoms with van der Waals surface area (Å²) in [4.78, 5) is 61.9. The number of rotatable bonds is 8. The van der Waals surface area contributed by atoms with Crippen molar-refractivity contribution < 1.29 is 38.5 Å². The molecule has 55 heavy (non-hydrogen) atoms. The number of aliphatic hydroxyl groups excluding tert-OH is 1. The number of likely N-dealkylation sites (tertiary alicyclic amines) is 1. The average Bonchev–Trinajstić information content (AvgIpc) is 3.78. The Hall–Kier alpha value is -4.62. The molecule has 5 bridgehead atoms. The van der Waals surface area contributed by atoms with Gasteiger partial charge in [0.25, 0.3) is 5.91 Å². The van der Waals surface area contributed by atoms with Crippen molar-refractivity contribution in [3.05, 3.63) is 124 Å². The molecule has 2 fully saturated rings. The van der Waals surface area contributed by atoms with E-state index in [-0.39, 0.29) is 31.9 Å². The lowest BCUT2D eigenvalue weighted by molar-refractivity contribution is -0.162. The minimum Gasteiger partial charge on any atom is -0.455 e. The monoisotopic (exact) mass is 811 g/mol. The molecule has 0 saturated carbocycles. The molecule has 3 aromatic carbocycles. The highest BCUT2D eigenvalue weighted by Crippen LogP contribution is 2.59. The second-order valence-electron chi connectivity index (χ2n) is 14.7. The standard InChI is InChI=1S/C43H46BrN3O8/c1-26-18-19-27(2)33(21-26)46-20-12-6-11-17-34(49)45-32(25-53-3)37(29-15-9-5-10-16-29)54-42(52)35-36-40(50)47(30(24-48)22-28-13-7-4-8-14-28)39(41(46)51)43(36)23-31(44)38(35)55-43/h4-10,12-16,18-19,21,23,30,32,35-39,48H,11,17,20,22,24-25H2,1-3H3,(H,45,49)/b12-6-/t30-,32-,35+,36-,37-,38+,39+,43-/m1/s1. The normalized spacial score (nSPS) is 29.4. The first-order valence-corrected chi connectivity index (χ1v) is 19.5. The van der Waals surface area contributed by atoms with Crippen LogP contribution in [0.4, 0.5) is 5.69 Å². The highest BCUT2D eigenvalue weighted by Gasteiger charge is 2.75. The van der Waals surface area contributed by atoms with Gasteiger partial charge in [-0.3, -0.25) is 19.2 Å². The van der Waals surface area contributed by atoms with Gasteiger partial charge in [-0.05, 0) is 61.1 Å². The number of ether oxygens (including phenoxy) is 3. The van der Waals surface area contributed by atoms with E-state index in [2.05, 4.69) is 21.2 Å². The lowest BCUT2D eigenvalue weighted by atomic mass is 9.74. The van der Waals surface area contributed by atoms with Crippen LogP contribution in [0.15, 0.2) is 102 Å². The van der Waals surface area contributed by atoms with Gasteiger partial charge in [-0.15, -0.1) is 0 Å². The highest BCUT2D eigenvalue weighted by atomic mass is 79.9. The van der Waals surface area contributed by atoms with E-state index in [0.29, 0.717) is 22.2 Å². The van der Waals surface area contributed by atoms with Crippen LogP contribution in [0.3, 0.4) is 0 Å². The first-order valence-electron chi connectivity index (χ1n) is 18.7. The van der Waals surface area contributed by atoms with E-state index in [1.54, 1.807) is 23.1 Å². The molecule has 7 rings (SSSR count). The number of carbonyl (C=O) groups excluding carboxylic acids is 4. The van der Waals surface area contributed by atoms with Gasteiger partial charge in [0.1, 0.15) is 29.8 Å². The number of amides is 3. The van der Waals surface area contributed by atoms with E-state index in [4.69, 9.17) is 14.2 Å². The Bertz CT molecular complexity index is 1990. The second-order valence-corrected chi connectivity index (χ2v) is 15.7. The summed E-state index contributed by atoms with van der Waals surface area (Å²) in [5.74, 6) is -4.18. The van der Waals surface area contributed by atoms with Gasteiger partial charge in [0.2, 0.25) is 11.8 Å². The fraction of sp³-hybridized carbons (Fsp3) is 0.395. The molecule has 0 radical (unpaired) electrons. The van der Waals surface area contributed by atoms with Gasteiger partial charge in [-0.25, -0.2) is 0 Å². The number of carbonyl (C=O) groups is 4. The van der Waals surface area contributed by atoms with E-state index in [1.165, 1.54) is 12.0 Å². The number of hydrogen-bond acceptors (Lipinski definition) is 8. The molecular weight excluding hydrogens is 766 g/mol. The molecule has 288 valence electrons. The van der Waals surface area contributed by atoms with Gasteiger partial charge in [0, 0.05) is 30.2 Å². The van der Waals surface area contributed by atoms with E-state index < -0.39 is 72.2 Å². The van der Waals surface area contributed by atoms with Gasteiger partial charge >= 0.3 is 5.97 Å². The van der Waals surface area contributed by atoms with Gasteiger partial charge in [0.15, 0.2) is 0 Å². The number of allylic oxidation sites excluding steroid dienone is 1. The molecule has 0 aliphatic carbocycles. The van der Waals surface area contributed by atoms with Crippen LogP contribution in [-0.4, -0.2) is 90.4 Å². The summed E-state index contributed by atoms with van der Waals surface area (Å²) in [5, 5.41) is 14.0. The summed E-state index contributed by atoms with van der Waals surface area (Å²) in [6, 6.07) is 21.6. The summed E-state index contributed by atoms with van der Waals surface area (Å²) in [6.07, 6.45) is 4.36. The molecule has 3 aromatic rings. The molecule has 12 heteroatoms. The maximum absolute atomic E-state index is 15.5. The summed E-state index contributed by atoms with van der Waals surface area (Å²) < 4.78 is 19.2. The number of nitrogens with zero attached hydrogens (tertiary/aromatic N) is 2. The number of anilines is 1. The van der Waals surface area contributed by atoms with Crippen LogP contribution in [0, 0.1) is 25.7 Å². The Morgan fingerprint density at radius 1 is 0.964 bits per heavy atom. The molecule has 1 spiro atoms. The number of fused-ring (bicyclic) bond motifs is 2. The lowest BCUT2D eigenvalue weighted by Gasteiger charge is -2.39. The zero-order valence-electron chi connectivity index (χ0n) is 31.1. The van der Waals surface area contributed by atoms with Gasteiger partial charge in [-0.1, -0.05) is 101 Å². The van der Waals surface area contributed by atoms with Crippen molar-refractivity contribution in [1.82, 2.24) is 10.2 Å². The van der Waals surface area contributed by atoms with Crippen molar-refractivity contribution in [3.8, 4) is 0 Å². The van der Waals surface area contributed by atoms with E-state index >= 15 is 9.59 Å². The van der Waals surface area contributed by atoms with E-state index in [1.807, 2.05) is 92.7 Å². The van der Waals surface area contributed by atoms with Crippen molar-refractivity contribution >= 4 is 45.3 Å². The number of methoxy groups -OCH3 is 1. The summed E-state index contributed by atoms with van der Waals surface area (Å²) in [5.41, 5.74) is 2.36. The summed E-state index contributed by atoms with van der Waals surface area (Å²) >= 11 is 3.65. The Morgan fingerprint density at radius 3 is 2.40 bits per heavy atom. The minimum absolute atomic E-state index is 0.0434. The van der Waals surface area contributed by atoms with Crippen LogP contribution in [0.2, 0.25) is 0 Å². The van der Waals surface area contributed by atoms with Crippen molar-refractivity contribution in [3.63, 3.8) is 0 Å². The fourth-order valence-corrected chi connectivity index (χ4v) is 9.34. The highest BCUT2D eigenvalue weighted by molar-refractivity contribution is 9.11. The van der Waals surface area contributed by atoms with Crippen LogP contribution < -0.4 is 10.2 Å². The molecule has 8 atom stereocenters. The molecule has 11 nitrogen and oxygen atoms in total. The Morgan fingerprint density at radius 2 is 1.69 bits per heavy atom. The quantitative estimate of drug-likeness (QED) is 0.243. The number of cyclic esters (lactones) is 1. The number of aliphatic hydroxyl groups is 1. The topological polar surface area (TPSA) is 135 Å². The lowest BCUT2D eigenvalue weighted by Crippen LogP contribution is -2.59. The molecule has 0 aromatic heterocycles. The molecule has 0 unspecified atom stereocenters. The van der Waals surface area contributed by atoms with E-state index in [0.717, 1.165) is 16.7 Å². The third-order valence-electron chi connectivity index (χ3n) is 11.1. The fourth-order valence-electron chi connectivity index (χ4n) is 8.61. The summed E-state index contributed by atoms with van der Waals surface area (Å²) in [6.45, 7) is 3.61. The second kappa shape index (κ2) is 16.2. The number of halogens is 1. The van der Waals surface area contributed by atoms with Crippen LogP contribution in [-0.2, 0) is 39.8 Å². The Kier molecular flexibility index (Phi) is 11.4.